The third-order valence-electron chi connectivity index (χ3n) is 4.80. The van der Waals surface area contributed by atoms with E-state index >= 15 is 0 Å². The smallest absolute Gasteiger partial charge is 0.0756 e. The fraction of sp³-hybridized carbons (Fsp3) is 0.400. The Labute approximate surface area is 159 Å². The van der Waals surface area contributed by atoms with Crippen LogP contribution >= 0.6 is 23.2 Å². The van der Waals surface area contributed by atoms with Gasteiger partial charge in [-0.2, -0.15) is 0 Å². The highest BCUT2D eigenvalue weighted by atomic mass is 35.5. The van der Waals surface area contributed by atoms with Crippen molar-refractivity contribution in [2.24, 2.45) is 0 Å². The van der Waals surface area contributed by atoms with Crippen molar-refractivity contribution in [1.82, 2.24) is 10.2 Å². The van der Waals surface area contributed by atoms with Crippen LogP contribution in [0, 0.1) is 0 Å². The summed E-state index contributed by atoms with van der Waals surface area (Å²) in [5, 5.41) is 15.3. The number of aliphatic hydroxyl groups is 1. The summed E-state index contributed by atoms with van der Waals surface area (Å²) in [7, 11) is 0. The van der Waals surface area contributed by atoms with Crippen molar-refractivity contribution in [3.63, 3.8) is 0 Å². The Kier molecular flexibility index (Phi) is 5.71. The van der Waals surface area contributed by atoms with Gasteiger partial charge >= 0.3 is 0 Å². The molecule has 25 heavy (non-hydrogen) atoms. The van der Waals surface area contributed by atoms with Gasteiger partial charge in [-0.15, -0.1) is 0 Å². The molecule has 1 atom stereocenters. The minimum absolute atomic E-state index is 0.0170. The molecule has 0 radical (unpaired) electrons. The molecule has 3 rings (SSSR count). The zero-order valence-electron chi connectivity index (χ0n) is 14.5. The highest BCUT2D eigenvalue weighted by molar-refractivity contribution is 6.30. The van der Waals surface area contributed by atoms with E-state index in [1.807, 2.05) is 38.1 Å². The molecule has 3 nitrogen and oxygen atoms in total. The standard InChI is InChI=1S/C20H24Cl2N2O/c1-20(2,25)18-13-24(12-11-23-18)19(14-3-7-16(21)8-4-14)15-5-9-17(22)10-6-15/h3-10,18-19,23,25H,11-13H2,1-2H3. The Morgan fingerprint density at radius 2 is 1.48 bits per heavy atom. The van der Waals surface area contributed by atoms with Gasteiger partial charge in [0, 0.05) is 35.7 Å². The highest BCUT2D eigenvalue weighted by Crippen LogP contribution is 2.32. The van der Waals surface area contributed by atoms with E-state index in [2.05, 4.69) is 34.5 Å². The van der Waals surface area contributed by atoms with Gasteiger partial charge in [0.25, 0.3) is 0 Å². The van der Waals surface area contributed by atoms with Crippen molar-refractivity contribution in [3.8, 4) is 0 Å². The molecule has 2 N–H and O–H groups in total. The maximum atomic E-state index is 10.4. The Morgan fingerprint density at radius 3 is 1.92 bits per heavy atom. The predicted molar refractivity (Wildman–Crippen MR) is 104 cm³/mol. The van der Waals surface area contributed by atoms with E-state index in [0.29, 0.717) is 0 Å². The van der Waals surface area contributed by atoms with Crippen molar-refractivity contribution in [3.05, 3.63) is 69.7 Å². The summed E-state index contributed by atoms with van der Waals surface area (Å²) in [6.07, 6.45) is 0. The van der Waals surface area contributed by atoms with Crippen LogP contribution in [0.2, 0.25) is 10.0 Å². The summed E-state index contributed by atoms with van der Waals surface area (Å²) in [6.45, 7) is 6.22. The molecule has 0 saturated carbocycles. The first kappa shape index (κ1) is 18.7. The van der Waals surface area contributed by atoms with Crippen molar-refractivity contribution in [2.75, 3.05) is 19.6 Å². The molecule has 1 heterocycles. The van der Waals surface area contributed by atoms with Gasteiger partial charge in [-0.25, -0.2) is 0 Å². The minimum atomic E-state index is -0.775. The zero-order chi connectivity index (χ0) is 18.0. The number of nitrogens with zero attached hydrogens (tertiary/aromatic N) is 1. The highest BCUT2D eigenvalue weighted by Gasteiger charge is 2.34. The minimum Gasteiger partial charge on any atom is -0.389 e. The molecule has 1 saturated heterocycles. The average molecular weight is 379 g/mol. The van der Waals surface area contributed by atoms with Crippen molar-refractivity contribution in [2.45, 2.75) is 31.5 Å². The molecular formula is C20H24Cl2N2O. The lowest BCUT2D eigenvalue weighted by atomic mass is 9.92. The van der Waals surface area contributed by atoms with Gasteiger partial charge in [-0.1, -0.05) is 47.5 Å². The van der Waals surface area contributed by atoms with Crippen LogP contribution in [-0.4, -0.2) is 41.3 Å². The lowest BCUT2D eigenvalue weighted by molar-refractivity contribution is 0.00370. The fourth-order valence-electron chi connectivity index (χ4n) is 3.38. The molecule has 5 heteroatoms. The number of piperazine rings is 1. The van der Waals surface area contributed by atoms with Gasteiger partial charge < -0.3 is 10.4 Å². The molecule has 1 fully saturated rings. The molecule has 134 valence electrons. The van der Waals surface area contributed by atoms with Gasteiger partial charge in [0.2, 0.25) is 0 Å². The summed E-state index contributed by atoms with van der Waals surface area (Å²) < 4.78 is 0. The van der Waals surface area contributed by atoms with E-state index < -0.39 is 5.60 Å². The normalized spacial score (nSPS) is 19.4. The van der Waals surface area contributed by atoms with Crippen molar-refractivity contribution < 1.29 is 5.11 Å². The van der Waals surface area contributed by atoms with Crippen LogP contribution in [0.15, 0.2) is 48.5 Å². The Balaban J connectivity index is 1.96. The summed E-state index contributed by atoms with van der Waals surface area (Å²) in [6, 6.07) is 16.1. The summed E-state index contributed by atoms with van der Waals surface area (Å²) in [5.74, 6) is 0. The maximum absolute atomic E-state index is 10.4. The average Bonchev–Trinajstić information content (AvgIpc) is 2.58. The molecule has 0 aromatic heterocycles. The van der Waals surface area contributed by atoms with Gasteiger partial charge in [-0.05, 0) is 49.2 Å². The van der Waals surface area contributed by atoms with Crippen LogP contribution in [-0.2, 0) is 0 Å². The maximum Gasteiger partial charge on any atom is 0.0756 e. The fourth-order valence-corrected chi connectivity index (χ4v) is 3.64. The predicted octanol–water partition coefficient (Wildman–Crippen LogP) is 4.13. The van der Waals surface area contributed by atoms with E-state index in [1.54, 1.807) is 0 Å². The van der Waals surface area contributed by atoms with Gasteiger partial charge in [0.1, 0.15) is 0 Å². The molecule has 0 spiro atoms. The number of hydrogen-bond donors (Lipinski definition) is 2. The van der Waals surface area contributed by atoms with E-state index in [0.717, 1.165) is 29.7 Å². The Bertz CT molecular complexity index is 650. The number of nitrogens with one attached hydrogen (secondary N) is 1. The Morgan fingerprint density at radius 1 is 1.00 bits per heavy atom. The molecule has 2 aromatic carbocycles. The van der Waals surface area contributed by atoms with Crippen LogP contribution < -0.4 is 5.32 Å². The third kappa shape index (κ3) is 4.55. The molecule has 1 unspecified atom stereocenters. The molecular weight excluding hydrogens is 355 g/mol. The second-order valence-corrected chi connectivity index (χ2v) is 8.03. The molecule has 0 bridgehead atoms. The van der Waals surface area contributed by atoms with Gasteiger partial charge in [0.05, 0.1) is 11.6 Å². The first-order chi connectivity index (χ1) is 11.8. The zero-order valence-corrected chi connectivity index (χ0v) is 16.1. The lowest BCUT2D eigenvalue weighted by Gasteiger charge is -2.43. The summed E-state index contributed by atoms with van der Waals surface area (Å²) in [4.78, 5) is 2.41. The summed E-state index contributed by atoms with van der Waals surface area (Å²) in [5.41, 5.74) is 1.59. The van der Waals surface area contributed by atoms with E-state index in [9.17, 15) is 5.11 Å². The quantitative estimate of drug-likeness (QED) is 0.839. The molecule has 1 aliphatic heterocycles. The summed E-state index contributed by atoms with van der Waals surface area (Å²) >= 11 is 12.2. The van der Waals surface area contributed by atoms with Crippen molar-refractivity contribution >= 4 is 23.2 Å². The Hall–Kier alpha value is -1.10. The number of hydrogen-bond acceptors (Lipinski definition) is 3. The van der Waals surface area contributed by atoms with Gasteiger partial charge in [-0.3, -0.25) is 4.90 Å². The monoisotopic (exact) mass is 378 g/mol. The number of halogens is 2. The largest absolute Gasteiger partial charge is 0.389 e. The third-order valence-corrected chi connectivity index (χ3v) is 5.30. The van der Waals surface area contributed by atoms with Crippen LogP contribution in [0.1, 0.15) is 31.0 Å². The first-order valence-electron chi connectivity index (χ1n) is 8.55. The number of rotatable bonds is 4. The number of benzene rings is 2. The van der Waals surface area contributed by atoms with Crippen LogP contribution in [0.3, 0.4) is 0 Å². The van der Waals surface area contributed by atoms with E-state index in [1.165, 1.54) is 11.1 Å². The van der Waals surface area contributed by atoms with Crippen LogP contribution in [0.25, 0.3) is 0 Å². The molecule has 2 aromatic rings. The molecule has 0 amide bonds. The van der Waals surface area contributed by atoms with Crippen molar-refractivity contribution in [1.29, 1.82) is 0 Å². The second-order valence-electron chi connectivity index (χ2n) is 7.16. The molecule has 0 aliphatic carbocycles. The lowest BCUT2D eigenvalue weighted by Crippen LogP contribution is -2.59. The first-order valence-corrected chi connectivity index (χ1v) is 9.31. The topological polar surface area (TPSA) is 35.5 Å². The van der Waals surface area contributed by atoms with Crippen LogP contribution in [0.4, 0.5) is 0 Å². The SMILES string of the molecule is CC(C)(O)C1CN(C(c2ccc(Cl)cc2)c2ccc(Cl)cc2)CCN1. The van der Waals surface area contributed by atoms with Gasteiger partial charge in [0.15, 0.2) is 0 Å². The van der Waals surface area contributed by atoms with E-state index in [-0.39, 0.29) is 12.1 Å². The van der Waals surface area contributed by atoms with E-state index in [4.69, 9.17) is 23.2 Å². The van der Waals surface area contributed by atoms with Crippen LogP contribution in [0.5, 0.6) is 0 Å². The second kappa shape index (κ2) is 7.65. The molecule has 1 aliphatic rings.